The maximum Gasteiger partial charge on any atom is 0.298 e. The first-order valence-corrected chi connectivity index (χ1v) is 28.7. The van der Waals surface area contributed by atoms with Crippen molar-refractivity contribution >= 4 is 92.2 Å². The van der Waals surface area contributed by atoms with Crippen molar-refractivity contribution < 1.29 is 38.1 Å². The average Bonchev–Trinajstić information content (AvgIpc) is 2.86. The molecule has 0 saturated heterocycles. The van der Waals surface area contributed by atoms with Crippen molar-refractivity contribution in [2.75, 3.05) is 9.80 Å². The SMILES string of the molecule is O=COc1ccnc(-c2cc(OC=O)cc(-c3cc(-c4ccc(N(c5ccccc5)c5ccccc5)s4)c4ccccc4n3)n2)c1.O=COc1ccnc(-c2cc(OC=O)cc(-c3nccc(-c4ccc(N(c5ccccc5)c5ccccc5)s4)n3)n2)c1. The molecule has 13 aromatic rings. The average molecular weight is 1190 g/mol. The van der Waals surface area contributed by atoms with Crippen molar-refractivity contribution in [3.63, 3.8) is 0 Å². The summed E-state index contributed by atoms with van der Waals surface area (Å²) in [5.41, 5.74) is 9.78. The lowest BCUT2D eigenvalue weighted by molar-refractivity contribution is -0.121. The van der Waals surface area contributed by atoms with Gasteiger partial charge in [-0.25, -0.2) is 24.9 Å². The number of pyridine rings is 5. The molecule has 0 atom stereocenters. The van der Waals surface area contributed by atoms with Gasteiger partial charge in [0.2, 0.25) is 0 Å². The fourth-order valence-electron chi connectivity index (χ4n) is 9.55. The molecule has 0 N–H and O–H groups in total. The van der Waals surface area contributed by atoms with E-state index in [1.54, 1.807) is 77.4 Å². The molecule has 5 aromatic carbocycles. The van der Waals surface area contributed by atoms with E-state index in [-0.39, 0.29) is 11.5 Å². The van der Waals surface area contributed by atoms with Crippen LogP contribution in [0.2, 0.25) is 0 Å². The van der Waals surface area contributed by atoms with Crippen molar-refractivity contribution in [1.29, 1.82) is 0 Å². The second-order valence-electron chi connectivity index (χ2n) is 18.9. The highest BCUT2D eigenvalue weighted by Crippen LogP contribution is 2.45. The molecule has 426 valence electrons. The highest BCUT2D eigenvalue weighted by atomic mass is 32.1. The molecule has 0 unspecified atom stereocenters. The molecule has 13 rings (SSSR count). The fraction of sp³-hybridized carbons (Fsp3) is 0. The van der Waals surface area contributed by atoms with Crippen LogP contribution in [0.25, 0.3) is 77.6 Å². The zero-order valence-electron chi connectivity index (χ0n) is 46.1. The van der Waals surface area contributed by atoms with Crippen LogP contribution in [0.4, 0.5) is 32.8 Å². The number of carbonyl (C=O) groups is 4. The second-order valence-corrected chi connectivity index (χ2v) is 21.0. The van der Waals surface area contributed by atoms with E-state index in [0.717, 1.165) is 59.0 Å². The number of para-hydroxylation sites is 5. The van der Waals surface area contributed by atoms with Crippen LogP contribution in [0.1, 0.15) is 0 Å². The van der Waals surface area contributed by atoms with Gasteiger partial charge in [0.15, 0.2) is 5.82 Å². The Morgan fingerprint density at radius 2 is 0.716 bits per heavy atom. The number of hydrogen-bond acceptors (Lipinski definition) is 19. The molecule has 17 nitrogen and oxygen atoms in total. The summed E-state index contributed by atoms with van der Waals surface area (Å²) >= 11 is 3.27. The van der Waals surface area contributed by atoms with Gasteiger partial charge < -0.3 is 28.7 Å². The second kappa shape index (κ2) is 26.8. The van der Waals surface area contributed by atoms with Crippen LogP contribution in [0.5, 0.6) is 23.0 Å². The monoisotopic (exact) mass is 1190 g/mol. The summed E-state index contributed by atoms with van der Waals surface area (Å²) in [5.74, 6) is 1.46. The van der Waals surface area contributed by atoms with Crippen molar-refractivity contribution in [3.05, 3.63) is 249 Å². The lowest BCUT2D eigenvalue weighted by Crippen LogP contribution is -2.07. The van der Waals surface area contributed by atoms with Crippen molar-refractivity contribution in [2.45, 2.75) is 0 Å². The lowest BCUT2D eigenvalue weighted by Gasteiger charge is -2.23. The maximum absolute atomic E-state index is 11.4. The van der Waals surface area contributed by atoms with E-state index >= 15 is 0 Å². The van der Waals surface area contributed by atoms with Gasteiger partial charge in [-0.05, 0) is 103 Å². The van der Waals surface area contributed by atoms with Crippen LogP contribution in [0, 0.1) is 0 Å². The van der Waals surface area contributed by atoms with E-state index in [0.29, 0.717) is 88.8 Å². The predicted molar refractivity (Wildman–Crippen MR) is 339 cm³/mol. The maximum atomic E-state index is 11.4. The van der Waals surface area contributed by atoms with Crippen LogP contribution in [-0.4, -0.2) is 60.8 Å². The Balaban J connectivity index is 0.000000172. The van der Waals surface area contributed by atoms with E-state index in [1.165, 1.54) is 12.4 Å². The van der Waals surface area contributed by atoms with Crippen LogP contribution in [-0.2, 0) is 19.2 Å². The summed E-state index contributed by atoms with van der Waals surface area (Å²) in [7, 11) is 0. The number of aromatic nitrogens is 7. The number of fused-ring (bicyclic) bond motifs is 1. The molecular formula is C69H45N9O8S2. The van der Waals surface area contributed by atoms with Crippen LogP contribution in [0.15, 0.2) is 249 Å². The number of hydrogen-bond donors (Lipinski definition) is 0. The van der Waals surface area contributed by atoms with Gasteiger partial charge in [-0.1, -0.05) is 91.0 Å². The third-order valence-electron chi connectivity index (χ3n) is 13.4. The zero-order valence-corrected chi connectivity index (χ0v) is 47.7. The summed E-state index contributed by atoms with van der Waals surface area (Å²) in [4.78, 5) is 83.0. The fourth-order valence-corrected chi connectivity index (χ4v) is 11.6. The van der Waals surface area contributed by atoms with Gasteiger partial charge in [0, 0.05) is 93.6 Å². The van der Waals surface area contributed by atoms with Crippen molar-refractivity contribution in [1.82, 2.24) is 34.9 Å². The van der Waals surface area contributed by atoms with Gasteiger partial charge in [0.1, 0.15) is 38.7 Å². The smallest absolute Gasteiger partial charge is 0.298 e. The van der Waals surface area contributed by atoms with Crippen LogP contribution in [0.3, 0.4) is 0 Å². The summed E-state index contributed by atoms with van der Waals surface area (Å²) in [6.07, 6.45) is 4.66. The molecule has 8 heterocycles. The standard InChI is InChI=1S/C37H24N4O4S.C32H21N5O4S/c42-23-44-27-17-18-38-32(19-27)33-20-28(45-24-43)21-34(40-33)35-22-30(29-13-7-8-14-31(29)39-35)36-15-16-37(46-36)41(25-9-3-1-4-10-25)26-11-5-2-6-12-26;38-20-40-24-13-15-33-27(17-24)28-18-25(41-21-39)19-29(35-28)32-34-16-14-26(36-32)30-11-12-31(42-30)37(22-7-3-1-4-8-22)23-9-5-2-6-10-23/h1-24H;1-21H. The molecule has 88 heavy (non-hydrogen) atoms. The molecule has 0 saturated carbocycles. The molecular weight excluding hydrogens is 1150 g/mol. The minimum Gasteiger partial charge on any atom is -0.429 e. The largest absolute Gasteiger partial charge is 0.429 e. The summed E-state index contributed by atoms with van der Waals surface area (Å²) < 4.78 is 20.3. The molecule has 0 radical (unpaired) electrons. The van der Waals surface area contributed by atoms with Crippen LogP contribution < -0.4 is 28.7 Å². The third-order valence-corrected chi connectivity index (χ3v) is 15.6. The molecule has 0 amide bonds. The van der Waals surface area contributed by atoms with E-state index < -0.39 is 0 Å². The first kappa shape index (κ1) is 56.5. The summed E-state index contributed by atoms with van der Waals surface area (Å²) in [6, 6.07) is 73.7. The highest BCUT2D eigenvalue weighted by molar-refractivity contribution is 7.20. The van der Waals surface area contributed by atoms with Gasteiger partial charge in [-0.3, -0.25) is 29.1 Å². The Morgan fingerprint density at radius 1 is 0.318 bits per heavy atom. The zero-order chi connectivity index (χ0) is 60.0. The van der Waals surface area contributed by atoms with Gasteiger partial charge in [0.05, 0.1) is 50.3 Å². The highest BCUT2D eigenvalue weighted by Gasteiger charge is 2.21. The quantitative estimate of drug-likeness (QED) is 0.0651. The molecule has 0 aliphatic carbocycles. The first-order chi connectivity index (χ1) is 43.4. The Labute approximate surface area is 511 Å². The van der Waals surface area contributed by atoms with E-state index in [1.807, 2.05) is 109 Å². The normalized spacial score (nSPS) is 10.7. The lowest BCUT2D eigenvalue weighted by atomic mass is 10.0. The Hall–Kier alpha value is -11.9. The number of nitrogens with zero attached hydrogens (tertiary/aromatic N) is 9. The molecule has 0 aliphatic heterocycles. The number of thiophene rings is 2. The molecule has 0 aliphatic rings. The molecule has 8 aromatic heterocycles. The van der Waals surface area contributed by atoms with Gasteiger partial charge in [-0.15, -0.1) is 22.7 Å². The Morgan fingerprint density at radius 3 is 1.23 bits per heavy atom. The van der Waals surface area contributed by atoms with Crippen molar-refractivity contribution in [3.8, 4) is 89.7 Å². The predicted octanol–water partition coefficient (Wildman–Crippen LogP) is 15.5. The van der Waals surface area contributed by atoms with Gasteiger partial charge in [0.25, 0.3) is 25.9 Å². The van der Waals surface area contributed by atoms with E-state index in [2.05, 4.69) is 103 Å². The summed E-state index contributed by atoms with van der Waals surface area (Å²) in [6.45, 7) is 1.37. The van der Waals surface area contributed by atoms with Crippen molar-refractivity contribution in [2.24, 2.45) is 0 Å². The van der Waals surface area contributed by atoms with E-state index in [4.69, 9.17) is 33.9 Å². The molecule has 0 spiro atoms. The van der Waals surface area contributed by atoms with Crippen LogP contribution >= 0.6 is 22.7 Å². The number of carbonyl (C=O) groups excluding carboxylic acids is 4. The van der Waals surface area contributed by atoms with Gasteiger partial charge >= 0.3 is 0 Å². The van der Waals surface area contributed by atoms with E-state index in [9.17, 15) is 19.2 Å². The number of ether oxygens (including phenoxy) is 4. The number of anilines is 6. The number of rotatable bonds is 20. The Kier molecular flexibility index (Phi) is 17.2. The Bertz CT molecular complexity index is 4520. The van der Waals surface area contributed by atoms with Gasteiger partial charge in [-0.2, -0.15) is 0 Å². The number of benzene rings is 5. The third kappa shape index (κ3) is 12.9. The molecule has 0 bridgehead atoms. The minimum atomic E-state index is 0.238. The summed E-state index contributed by atoms with van der Waals surface area (Å²) in [5, 5.41) is 3.07. The topological polar surface area (TPSA) is 202 Å². The first-order valence-electron chi connectivity index (χ1n) is 27.0. The minimum absolute atomic E-state index is 0.238. The molecule has 19 heteroatoms. The molecule has 0 fully saturated rings.